The van der Waals surface area contributed by atoms with E-state index in [1.54, 1.807) is 20.8 Å². The van der Waals surface area contributed by atoms with E-state index in [0.717, 1.165) is 17.9 Å². The van der Waals surface area contributed by atoms with Crippen LogP contribution in [-0.4, -0.2) is 34.2 Å². The van der Waals surface area contributed by atoms with Crippen LogP contribution < -0.4 is 0 Å². The summed E-state index contributed by atoms with van der Waals surface area (Å²) in [6.45, 7) is 5.32. The van der Waals surface area contributed by atoms with Gasteiger partial charge in [0.2, 0.25) is 6.41 Å². The van der Waals surface area contributed by atoms with E-state index in [0.29, 0.717) is 6.41 Å². The van der Waals surface area contributed by atoms with Gasteiger partial charge in [-0.1, -0.05) is 0 Å². The van der Waals surface area contributed by atoms with Gasteiger partial charge >= 0.3 is 5.97 Å². The maximum absolute atomic E-state index is 11.0. The van der Waals surface area contributed by atoms with Crippen molar-refractivity contribution in [2.75, 3.05) is 0 Å². The fraction of sp³-hybridized carbons (Fsp3) is 0.800. The topological polar surface area (TPSA) is 66.8 Å². The van der Waals surface area contributed by atoms with E-state index in [2.05, 4.69) is 0 Å². The molecule has 5 nitrogen and oxygen atoms in total. The number of hydroxylamine groups is 2. The lowest BCUT2D eigenvalue weighted by atomic mass is 10.2. The molecule has 1 amide bonds. The second kappa shape index (κ2) is 4.18. The van der Waals surface area contributed by atoms with Crippen molar-refractivity contribution in [3.63, 3.8) is 0 Å². The van der Waals surface area contributed by atoms with E-state index >= 15 is 0 Å². The first kappa shape index (κ1) is 12.0. The van der Waals surface area contributed by atoms with Crippen molar-refractivity contribution in [3.8, 4) is 0 Å². The molecule has 0 radical (unpaired) electrons. The number of carboxylic acid groups (broad SMARTS) is 1. The van der Waals surface area contributed by atoms with Gasteiger partial charge in [0.25, 0.3) is 0 Å². The van der Waals surface area contributed by atoms with Crippen LogP contribution in [0.5, 0.6) is 0 Å². The molecule has 0 aromatic heterocycles. The minimum atomic E-state index is -1.01. The van der Waals surface area contributed by atoms with Crippen molar-refractivity contribution in [3.05, 3.63) is 0 Å². The van der Waals surface area contributed by atoms with Crippen molar-refractivity contribution < 1.29 is 19.5 Å². The average Bonchev–Trinajstić information content (AvgIpc) is 2.83. The number of hydrogen-bond acceptors (Lipinski definition) is 3. The lowest BCUT2D eigenvalue weighted by molar-refractivity contribution is -0.237. The third kappa shape index (κ3) is 3.51. The summed E-state index contributed by atoms with van der Waals surface area (Å²) >= 11 is 0. The van der Waals surface area contributed by atoms with Crippen LogP contribution in [0, 0.1) is 5.92 Å². The van der Waals surface area contributed by atoms with E-state index < -0.39 is 17.6 Å². The zero-order valence-corrected chi connectivity index (χ0v) is 9.27. The molecule has 1 saturated carbocycles. The number of carboxylic acids is 1. The molecule has 1 aliphatic carbocycles. The number of carbonyl (C=O) groups excluding carboxylic acids is 1. The average molecular weight is 215 g/mol. The highest BCUT2D eigenvalue weighted by molar-refractivity contribution is 5.76. The van der Waals surface area contributed by atoms with Crippen molar-refractivity contribution >= 4 is 12.4 Å². The number of aliphatic carboxylic acids is 1. The van der Waals surface area contributed by atoms with Crippen LogP contribution in [0.15, 0.2) is 0 Å². The standard InChI is InChI=1S/C10H17NO4/c1-10(2,3)15-11(6-12)8(9(13)14)7-4-5-7/h6-8H,4-5H2,1-3H3,(H,13,14)/t8-/m0/s1. The number of carbonyl (C=O) groups is 2. The van der Waals surface area contributed by atoms with Crippen molar-refractivity contribution in [1.29, 1.82) is 0 Å². The molecular weight excluding hydrogens is 198 g/mol. The molecule has 1 N–H and O–H groups in total. The normalized spacial score (nSPS) is 18.3. The molecule has 0 aromatic carbocycles. The summed E-state index contributed by atoms with van der Waals surface area (Å²) in [5, 5.41) is 9.93. The quantitative estimate of drug-likeness (QED) is 0.549. The largest absolute Gasteiger partial charge is 0.480 e. The molecule has 1 rings (SSSR count). The molecule has 0 bridgehead atoms. The Balaban J connectivity index is 2.69. The molecule has 86 valence electrons. The summed E-state index contributed by atoms with van der Waals surface area (Å²) in [4.78, 5) is 27.1. The Morgan fingerprint density at radius 2 is 2.07 bits per heavy atom. The van der Waals surface area contributed by atoms with Gasteiger partial charge in [-0.3, -0.25) is 9.63 Å². The number of rotatable bonds is 5. The van der Waals surface area contributed by atoms with E-state index in [9.17, 15) is 9.59 Å². The molecule has 5 heteroatoms. The molecule has 0 saturated heterocycles. The van der Waals surface area contributed by atoms with Crippen LogP contribution in [0.2, 0.25) is 0 Å². The van der Waals surface area contributed by atoms with E-state index in [1.807, 2.05) is 0 Å². The smallest absolute Gasteiger partial charge is 0.329 e. The first-order valence-electron chi connectivity index (χ1n) is 5.01. The molecule has 15 heavy (non-hydrogen) atoms. The van der Waals surface area contributed by atoms with Gasteiger partial charge < -0.3 is 5.11 Å². The molecule has 0 aliphatic heterocycles. The van der Waals surface area contributed by atoms with Gasteiger partial charge in [-0.25, -0.2) is 9.86 Å². The summed E-state index contributed by atoms with van der Waals surface area (Å²) in [6.07, 6.45) is 2.13. The van der Waals surface area contributed by atoms with Crippen LogP contribution in [0.3, 0.4) is 0 Å². The summed E-state index contributed by atoms with van der Waals surface area (Å²) < 4.78 is 0. The minimum absolute atomic E-state index is 0.0371. The molecule has 0 unspecified atom stereocenters. The zero-order valence-electron chi connectivity index (χ0n) is 9.27. The highest BCUT2D eigenvalue weighted by Crippen LogP contribution is 2.35. The highest BCUT2D eigenvalue weighted by Gasteiger charge is 2.42. The van der Waals surface area contributed by atoms with Gasteiger partial charge in [-0.15, -0.1) is 0 Å². The third-order valence-corrected chi connectivity index (χ3v) is 2.08. The summed E-state index contributed by atoms with van der Waals surface area (Å²) in [5.41, 5.74) is -0.566. The molecule has 1 fully saturated rings. The summed E-state index contributed by atoms with van der Waals surface area (Å²) in [5.74, 6) is -0.969. The molecule has 0 aromatic rings. The zero-order chi connectivity index (χ0) is 11.6. The Labute approximate surface area is 89.0 Å². The van der Waals surface area contributed by atoms with Crippen LogP contribution in [0.25, 0.3) is 0 Å². The first-order valence-corrected chi connectivity index (χ1v) is 5.01. The second-order valence-electron chi connectivity index (χ2n) is 4.79. The third-order valence-electron chi connectivity index (χ3n) is 2.08. The Bertz CT molecular complexity index is 255. The van der Waals surface area contributed by atoms with Gasteiger partial charge in [-0.2, -0.15) is 0 Å². The lowest BCUT2D eigenvalue weighted by Gasteiger charge is -2.30. The maximum atomic E-state index is 11.0. The predicted octanol–water partition coefficient (Wildman–Crippen LogP) is 1.04. The maximum Gasteiger partial charge on any atom is 0.329 e. The van der Waals surface area contributed by atoms with Crippen LogP contribution in [-0.2, 0) is 14.4 Å². The minimum Gasteiger partial charge on any atom is -0.480 e. The van der Waals surface area contributed by atoms with Crippen molar-refractivity contribution in [2.24, 2.45) is 5.92 Å². The van der Waals surface area contributed by atoms with E-state index in [-0.39, 0.29) is 5.92 Å². The number of hydrogen-bond donors (Lipinski definition) is 1. The van der Waals surface area contributed by atoms with Crippen molar-refractivity contribution in [2.45, 2.75) is 45.3 Å². The second-order valence-corrected chi connectivity index (χ2v) is 4.79. The van der Waals surface area contributed by atoms with Gasteiger partial charge in [0, 0.05) is 0 Å². The number of nitrogens with zero attached hydrogens (tertiary/aromatic N) is 1. The summed E-state index contributed by atoms with van der Waals surface area (Å²) in [7, 11) is 0. The van der Waals surface area contributed by atoms with Crippen LogP contribution >= 0.6 is 0 Å². The highest BCUT2D eigenvalue weighted by atomic mass is 16.7. The predicted molar refractivity (Wildman–Crippen MR) is 52.9 cm³/mol. The van der Waals surface area contributed by atoms with Gasteiger partial charge in [0.1, 0.15) is 0 Å². The lowest BCUT2D eigenvalue weighted by Crippen LogP contribution is -2.45. The van der Waals surface area contributed by atoms with Gasteiger partial charge in [0.15, 0.2) is 6.04 Å². The van der Waals surface area contributed by atoms with Crippen LogP contribution in [0.1, 0.15) is 33.6 Å². The van der Waals surface area contributed by atoms with Crippen LogP contribution in [0.4, 0.5) is 0 Å². The molecule has 0 heterocycles. The fourth-order valence-corrected chi connectivity index (χ4v) is 1.39. The first-order chi connectivity index (χ1) is 6.85. The Kier molecular flexibility index (Phi) is 3.34. The van der Waals surface area contributed by atoms with E-state index in [1.165, 1.54) is 0 Å². The Morgan fingerprint density at radius 3 is 2.33 bits per heavy atom. The number of amides is 1. The SMILES string of the molecule is CC(C)(C)ON(C=O)[C@H](C(=O)O)C1CC1. The Morgan fingerprint density at radius 1 is 1.53 bits per heavy atom. The molecular formula is C10H17NO4. The van der Waals surface area contributed by atoms with Crippen molar-refractivity contribution in [1.82, 2.24) is 5.06 Å². The molecule has 1 aliphatic rings. The van der Waals surface area contributed by atoms with Gasteiger partial charge in [0.05, 0.1) is 5.60 Å². The van der Waals surface area contributed by atoms with E-state index in [4.69, 9.17) is 9.94 Å². The summed E-state index contributed by atoms with van der Waals surface area (Å²) in [6, 6.07) is -0.846. The molecule has 0 spiro atoms. The Hall–Kier alpha value is -1.10. The fourth-order valence-electron chi connectivity index (χ4n) is 1.39. The monoisotopic (exact) mass is 215 g/mol. The van der Waals surface area contributed by atoms with Gasteiger partial charge in [-0.05, 0) is 39.5 Å². The molecule has 1 atom stereocenters.